The van der Waals surface area contributed by atoms with E-state index in [9.17, 15) is 4.79 Å². The second-order valence-electron chi connectivity index (χ2n) is 3.56. The number of nitrogens with zero attached hydrogens (tertiary/aromatic N) is 3. The van der Waals surface area contributed by atoms with Crippen LogP contribution in [0.3, 0.4) is 0 Å². The Morgan fingerprint density at radius 3 is 3.00 bits per heavy atom. The maximum Gasteiger partial charge on any atom is 0.317 e. The number of rotatable bonds is 7. The fourth-order valence-corrected chi connectivity index (χ4v) is 1.48. The normalized spacial score (nSPS) is 10.6. The lowest BCUT2D eigenvalue weighted by atomic mass is 10.3. The molecule has 0 saturated heterocycles. The van der Waals surface area contributed by atoms with Gasteiger partial charge in [0.15, 0.2) is 0 Å². The van der Waals surface area contributed by atoms with Crippen LogP contribution in [0.2, 0.25) is 0 Å². The van der Waals surface area contributed by atoms with Crippen LogP contribution < -0.4 is 0 Å². The predicted octanol–water partition coefficient (Wildman–Crippen LogP) is 0.976. The van der Waals surface area contributed by atoms with E-state index in [1.54, 1.807) is 17.2 Å². The van der Waals surface area contributed by atoms with E-state index in [1.165, 1.54) is 0 Å². The van der Waals surface area contributed by atoms with Crippen LogP contribution in [0, 0.1) is 0 Å². The average Bonchev–Trinajstić information content (AvgIpc) is 2.65. The molecule has 16 heavy (non-hydrogen) atoms. The number of hydrogen-bond acceptors (Lipinski definition) is 3. The molecule has 0 bridgehead atoms. The van der Waals surface area contributed by atoms with Crippen LogP contribution in [-0.2, 0) is 17.9 Å². The molecule has 0 aromatic carbocycles. The molecule has 1 rings (SSSR count). The van der Waals surface area contributed by atoms with Gasteiger partial charge in [-0.2, -0.15) is 5.10 Å². The van der Waals surface area contributed by atoms with Crippen LogP contribution in [0.15, 0.2) is 25.0 Å². The molecular weight excluding hydrogens is 206 g/mol. The minimum Gasteiger partial charge on any atom is -0.480 e. The van der Waals surface area contributed by atoms with Gasteiger partial charge in [0.1, 0.15) is 0 Å². The van der Waals surface area contributed by atoms with E-state index >= 15 is 0 Å². The molecule has 1 heterocycles. The van der Waals surface area contributed by atoms with Crippen molar-refractivity contribution in [1.82, 2.24) is 14.7 Å². The van der Waals surface area contributed by atoms with Gasteiger partial charge in [-0.3, -0.25) is 14.4 Å². The van der Waals surface area contributed by atoms with Crippen molar-refractivity contribution in [1.29, 1.82) is 0 Å². The third kappa shape index (κ3) is 3.86. The SMILES string of the molecule is C=CCN(CC(=O)O)Cc1cnn(CC)c1. The molecular formula is C11H17N3O2. The van der Waals surface area contributed by atoms with E-state index in [1.807, 2.05) is 17.8 Å². The highest BCUT2D eigenvalue weighted by Crippen LogP contribution is 2.03. The Morgan fingerprint density at radius 2 is 2.50 bits per heavy atom. The predicted molar refractivity (Wildman–Crippen MR) is 61.0 cm³/mol. The van der Waals surface area contributed by atoms with Crippen molar-refractivity contribution >= 4 is 5.97 Å². The molecule has 0 unspecified atom stereocenters. The third-order valence-corrected chi connectivity index (χ3v) is 2.16. The Bertz CT molecular complexity index is 360. The Kier molecular flexibility index (Phi) is 4.72. The molecule has 88 valence electrons. The number of carbonyl (C=O) groups is 1. The van der Waals surface area contributed by atoms with Crippen LogP contribution in [-0.4, -0.2) is 38.8 Å². The molecule has 0 saturated carbocycles. The molecule has 5 heteroatoms. The summed E-state index contributed by atoms with van der Waals surface area (Å²) in [6.45, 7) is 7.60. The summed E-state index contributed by atoms with van der Waals surface area (Å²) in [6.07, 6.45) is 5.40. The van der Waals surface area contributed by atoms with Crippen molar-refractivity contribution in [3.05, 3.63) is 30.6 Å². The molecule has 1 aromatic rings. The van der Waals surface area contributed by atoms with E-state index in [4.69, 9.17) is 5.11 Å². The van der Waals surface area contributed by atoms with E-state index in [0.717, 1.165) is 12.1 Å². The summed E-state index contributed by atoms with van der Waals surface area (Å²) < 4.78 is 1.82. The van der Waals surface area contributed by atoms with Crippen molar-refractivity contribution < 1.29 is 9.90 Å². The number of aryl methyl sites for hydroxylation is 1. The van der Waals surface area contributed by atoms with E-state index < -0.39 is 5.97 Å². The minimum atomic E-state index is -0.829. The summed E-state index contributed by atoms with van der Waals surface area (Å²) in [6, 6.07) is 0. The van der Waals surface area contributed by atoms with Crippen LogP contribution in [0.4, 0.5) is 0 Å². The lowest BCUT2D eigenvalue weighted by Gasteiger charge is -2.16. The molecule has 0 atom stereocenters. The van der Waals surface area contributed by atoms with Crippen LogP contribution in [0.5, 0.6) is 0 Å². The van der Waals surface area contributed by atoms with Crippen molar-refractivity contribution in [3.63, 3.8) is 0 Å². The van der Waals surface area contributed by atoms with Gasteiger partial charge in [0, 0.05) is 31.4 Å². The maximum absolute atomic E-state index is 10.6. The Balaban J connectivity index is 2.59. The fourth-order valence-electron chi connectivity index (χ4n) is 1.48. The fraction of sp³-hybridized carbons (Fsp3) is 0.455. The van der Waals surface area contributed by atoms with Gasteiger partial charge in [0.05, 0.1) is 12.7 Å². The first-order chi connectivity index (χ1) is 7.65. The average molecular weight is 223 g/mol. The minimum absolute atomic E-state index is 0.0172. The summed E-state index contributed by atoms with van der Waals surface area (Å²) in [4.78, 5) is 12.4. The quantitative estimate of drug-likeness (QED) is 0.700. The van der Waals surface area contributed by atoms with E-state index in [2.05, 4.69) is 11.7 Å². The molecule has 0 aliphatic carbocycles. The summed E-state index contributed by atoms with van der Waals surface area (Å²) in [5.74, 6) is -0.829. The molecule has 0 aliphatic rings. The number of hydrogen-bond donors (Lipinski definition) is 1. The highest BCUT2D eigenvalue weighted by molar-refractivity contribution is 5.69. The standard InChI is InChI=1S/C11H17N3O2/c1-3-5-13(9-11(15)16)7-10-6-12-14(4-2)8-10/h3,6,8H,1,4-5,7,9H2,2H3,(H,15,16). The first kappa shape index (κ1) is 12.4. The van der Waals surface area contributed by atoms with Gasteiger partial charge in [-0.15, -0.1) is 6.58 Å². The second kappa shape index (κ2) is 6.07. The summed E-state index contributed by atoms with van der Waals surface area (Å²) in [7, 11) is 0. The molecule has 0 spiro atoms. The number of aliphatic carboxylic acids is 1. The van der Waals surface area contributed by atoms with Crippen molar-refractivity contribution in [3.8, 4) is 0 Å². The van der Waals surface area contributed by atoms with Gasteiger partial charge in [-0.25, -0.2) is 0 Å². The Hall–Kier alpha value is -1.62. The van der Waals surface area contributed by atoms with Crippen LogP contribution in [0.1, 0.15) is 12.5 Å². The van der Waals surface area contributed by atoms with Crippen LogP contribution in [0.25, 0.3) is 0 Å². The molecule has 0 radical (unpaired) electrons. The van der Waals surface area contributed by atoms with Crippen LogP contribution >= 0.6 is 0 Å². The van der Waals surface area contributed by atoms with Crippen molar-refractivity contribution in [2.45, 2.75) is 20.0 Å². The van der Waals surface area contributed by atoms with Crippen molar-refractivity contribution in [2.75, 3.05) is 13.1 Å². The van der Waals surface area contributed by atoms with Gasteiger partial charge >= 0.3 is 5.97 Å². The smallest absolute Gasteiger partial charge is 0.317 e. The highest BCUT2D eigenvalue weighted by Gasteiger charge is 2.09. The largest absolute Gasteiger partial charge is 0.480 e. The summed E-state index contributed by atoms with van der Waals surface area (Å²) in [5, 5.41) is 12.9. The lowest BCUT2D eigenvalue weighted by Crippen LogP contribution is -2.29. The second-order valence-corrected chi connectivity index (χ2v) is 3.56. The zero-order chi connectivity index (χ0) is 12.0. The number of carboxylic acids is 1. The van der Waals surface area contributed by atoms with Gasteiger partial charge in [-0.1, -0.05) is 6.08 Å². The first-order valence-corrected chi connectivity index (χ1v) is 5.22. The van der Waals surface area contributed by atoms with E-state index in [0.29, 0.717) is 13.1 Å². The topological polar surface area (TPSA) is 58.4 Å². The Labute approximate surface area is 95.0 Å². The first-order valence-electron chi connectivity index (χ1n) is 5.22. The maximum atomic E-state index is 10.6. The van der Waals surface area contributed by atoms with Gasteiger partial charge in [-0.05, 0) is 6.92 Å². The molecule has 1 aromatic heterocycles. The van der Waals surface area contributed by atoms with Gasteiger partial charge in [0.2, 0.25) is 0 Å². The Morgan fingerprint density at radius 1 is 1.75 bits per heavy atom. The van der Waals surface area contributed by atoms with Crippen molar-refractivity contribution in [2.24, 2.45) is 0 Å². The third-order valence-electron chi connectivity index (χ3n) is 2.16. The number of carboxylic acid groups (broad SMARTS) is 1. The summed E-state index contributed by atoms with van der Waals surface area (Å²) >= 11 is 0. The monoisotopic (exact) mass is 223 g/mol. The summed E-state index contributed by atoms with van der Waals surface area (Å²) in [5.41, 5.74) is 1.02. The molecule has 0 aliphatic heterocycles. The molecule has 5 nitrogen and oxygen atoms in total. The number of aromatic nitrogens is 2. The lowest BCUT2D eigenvalue weighted by molar-refractivity contribution is -0.138. The molecule has 1 N–H and O–H groups in total. The van der Waals surface area contributed by atoms with E-state index in [-0.39, 0.29) is 6.54 Å². The van der Waals surface area contributed by atoms with Gasteiger partial charge in [0.25, 0.3) is 0 Å². The molecule has 0 amide bonds. The molecule has 0 fully saturated rings. The highest BCUT2D eigenvalue weighted by atomic mass is 16.4. The zero-order valence-corrected chi connectivity index (χ0v) is 9.46. The zero-order valence-electron chi connectivity index (χ0n) is 9.46. The van der Waals surface area contributed by atoms with Gasteiger partial charge < -0.3 is 5.11 Å².